The number of carbonyl (C=O) groups is 1. The predicted octanol–water partition coefficient (Wildman–Crippen LogP) is 1.83. The van der Waals surface area contributed by atoms with Crippen LogP contribution in [0.15, 0.2) is 17.5 Å². The van der Waals surface area contributed by atoms with E-state index in [1.807, 2.05) is 6.07 Å². The Morgan fingerprint density at radius 1 is 1.59 bits per heavy atom. The summed E-state index contributed by atoms with van der Waals surface area (Å²) in [7, 11) is 0. The summed E-state index contributed by atoms with van der Waals surface area (Å²) >= 11 is 1.75. The number of nitrogens with one attached hydrogen (secondary N) is 2. The van der Waals surface area contributed by atoms with Crippen molar-refractivity contribution in [3.63, 3.8) is 0 Å². The molecule has 1 aromatic rings. The maximum atomic E-state index is 11.8. The Labute approximate surface area is 112 Å². The van der Waals surface area contributed by atoms with Gasteiger partial charge in [0.05, 0.1) is 5.92 Å². The monoisotopic (exact) mass is 274 g/mol. The normalized spacial score (nSPS) is 19.4. The fraction of sp³-hybridized carbons (Fsp3) is 0.583. The van der Waals surface area contributed by atoms with Crippen molar-refractivity contribution in [1.82, 2.24) is 10.6 Å². The Hall–Kier alpha value is -0.580. The lowest BCUT2D eigenvalue weighted by Crippen LogP contribution is -2.41. The lowest BCUT2D eigenvalue weighted by Gasteiger charge is -2.21. The second-order valence-electron chi connectivity index (χ2n) is 4.16. The third-order valence-corrected chi connectivity index (χ3v) is 3.85. The van der Waals surface area contributed by atoms with Crippen LogP contribution in [-0.2, 0) is 11.2 Å². The highest BCUT2D eigenvalue weighted by Gasteiger charge is 2.19. The third-order valence-electron chi connectivity index (χ3n) is 2.92. The van der Waals surface area contributed by atoms with Crippen LogP contribution >= 0.6 is 23.7 Å². The van der Waals surface area contributed by atoms with Gasteiger partial charge in [0.1, 0.15) is 0 Å². The van der Waals surface area contributed by atoms with Crippen molar-refractivity contribution in [2.75, 3.05) is 19.6 Å². The van der Waals surface area contributed by atoms with Gasteiger partial charge < -0.3 is 10.6 Å². The largest absolute Gasteiger partial charge is 0.355 e. The molecule has 1 unspecified atom stereocenters. The van der Waals surface area contributed by atoms with E-state index in [0.717, 1.165) is 38.9 Å². The fourth-order valence-electron chi connectivity index (χ4n) is 1.98. The van der Waals surface area contributed by atoms with E-state index < -0.39 is 0 Å². The van der Waals surface area contributed by atoms with Crippen molar-refractivity contribution in [1.29, 1.82) is 0 Å². The van der Waals surface area contributed by atoms with Crippen molar-refractivity contribution in [3.05, 3.63) is 22.4 Å². The molecule has 3 nitrogen and oxygen atoms in total. The molecule has 0 bridgehead atoms. The van der Waals surface area contributed by atoms with Gasteiger partial charge in [-0.15, -0.1) is 23.7 Å². The fourth-order valence-corrected chi connectivity index (χ4v) is 2.69. The van der Waals surface area contributed by atoms with Crippen molar-refractivity contribution < 1.29 is 4.79 Å². The van der Waals surface area contributed by atoms with E-state index in [2.05, 4.69) is 22.1 Å². The van der Waals surface area contributed by atoms with Crippen molar-refractivity contribution in [2.24, 2.45) is 5.92 Å². The molecule has 0 spiro atoms. The van der Waals surface area contributed by atoms with Gasteiger partial charge in [0.15, 0.2) is 0 Å². The van der Waals surface area contributed by atoms with Gasteiger partial charge in [-0.25, -0.2) is 0 Å². The van der Waals surface area contributed by atoms with Gasteiger partial charge in [-0.1, -0.05) is 6.07 Å². The van der Waals surface area contributed by atoms with Gasteiger partial charge in [0, 0.05) is 18.0 Å². The summed E-state index contributed by atoms with van der Waals surface area (Å²) in [6, 6.07) is 4.16. The molecule has 1 aromatic heterocycles. The first-order chi connectivity index (χ1) is 7.86. The van der Waals surface area contributed by atoms with E-state index >= 15 is 0 Å². The highest BCUT2D eigenvalue weighted by molar-refractivity contribution is 7.09. The molecule has 2 rings (SSSR count). The average Bonchev–Trinajstić information content (AvgIpc) is 2.83. The van der Waals surface area contributed by atoms with E-state index in [0.29, 0.717) is 0 Å². The number of rotatable bonds is 4. The maximum absolute atomic E-state index is 11.8. The second-order valence-corrected chi connectivity index (χ2v) is 5.20. The molecule has 0 aliphatic carbocycles. The van der Waals surface area contributed by atoms with Crippen LogP contribution < -0.4 is 10.6 Å². The van der Waals surface area contributed by atoms with Crippen LogP contribution in [0, 0.1) is 5.92 Å². The number of carbonyl (C=O) groups excluding carboxylic acids is 1. The van der Waals surface area contributed by atoms with E-state index in [4.69, 9.17) is 0 Å². The first-order valence-electron chi connectivity index (χ1n) is 5.87. The van der Waals surface area contributed by atoms with Crippen LogP contribution in [0.2, 0.25) is 0 Å². The molecular formula is C12H19ClN2OS. The third kappa shape index (κ3) is 4.66. The van der Waals surface area contributed by atoms with Crippen molar-refractivity contribution in [2.45, 2.75) is 19.3 Å². The molecule has 5 heteroatoms. The number of hydrogen-bond donors (Lipinski definition) is 2. The summed E-state index contributed by atoms with van der Waals surface area (Å²) in [5.74, 6) is 0.390. The zero-order valence-electron chi connectivity index (χ0n) is 9.78. The predicted molar refractivity (Wildman–Crippen MR) is 73.9 cm³/mol. The number of hydrogen-bond acceptors (Lipinski definition) is 3. The molecule has 1 atom stereocenters. The van der Waals surface area contributed by atoms with E-state index in [9.17, 15) is 4.79 Å². The zero-order valence-corrected chi connectivity index (χ0v) is 11.4. The van der Waals surface area contributed by atoms with Gasteiger partial charge in [0.25, 0.3) is 0 Å². The minimum atomic E-state index is 0. The molecule has 1 fully saturated rings. The summed E-state index contributed by atoms with van der Waals surface area (Å²) in [6.45, 7) is 2.65. The van der Waals surface area contributed by atoms with Gasteiger partial charge in [0.2, 0.25) is 5.91 Å². The van der Waals surface area contributed by atoms with Gasteiger partial charge in [-0.05, 0) is 37.3 Å². The number of halogens is 1. The SMILES string of the molecule is Cl.O=C(NCCc1cccs1)C1CCCNC1. The number of amides is 1. The molecule has 0 aromatic carbocycles. The second kappa shape index (κ2) is 7.69. The van der Waals surface area contributed by atoms with Crippen molar-refractivity contribution >= 4 is 29.7 Å². The van der Waals surface area contributed by atoms with Crippen LogP contribution in [0.3, 0.4) is 0 Å². The smallest absolute Gasteiger partial charge is 0.224 e. The summed E-state index contributed by atoms with van der Waals surface area (Å²) in [5.41, 5.74) is 0. The molecule has 96 valence electrons. The Balaban J connectivity index is 0.00000144. The van der Waals surface area contributed by atoms with Crippen LogP contribution in [-0.4, -0.2) is 25.5 Å². The van der Waals surface area contributed by atoms with Crippen LogP contribution in [0.4, 0.5) is 0 Å². The molecule has 17 heavy (non-hydrogen) atoms. The van der Waals surface area contributed by atoms with Gasteiger partial charge >= 0.3 is 0 Å². The number of thiophene rings is 1. The highest BCUT2D eigenvalue weighted by atomic mass is 35.5. The average molecular weight is 275 g/mol. The zero-order chi connectivity index (χ0) is 11.2. The summed E-state index contributed by atoms with van der Waals surface area (Å²) in [5, 5.41) is 8.35. The Morgan fingerprint density at radius 2 is 2.47 bits per heavy atom. The molecule has 2 heterocycles. The molecule has 0 saturated carbocycles. The first kappa shape index (κ1) is 14.5. The van der Waals surface area contributed by atoms with Crippen LogP contribution in [0.1, 0.15) is 17.7 Å². The quantitative estimate of drug-likeness (QED) is 0.880. The minimum Gasteiger partial charge on any atom is -0.355 e. The molecule has 2 N–H and O–H groups in total. The van der Waals surface area contributed by atoms with E-state index in [1.54, 1.807) is 11.3 Å². The molecule has 1 amide bonds. The molecule has 1 aliphatic heterocycles. The molecule has 0 radical (unpaired) electrons. The Morgan fingerprint density at radius 3 is 3.12 bits per heavy atom. The summed E-state index contributed by atoms with van der Waals surface area (Å²) in [4.78, 5) is 13.1. The standard InChI is InChI=1S/C12H18N2OS.ClH/c15-12(10-3-1-6-13-9-10)14-7-5-11-4-2-8-16-11;/h2,4,8,10,13H,1,3,5-7,9H2,(H,14,15);1H. The van der Waals surface area contributed by atoms with Crippen molar-refractivity contribution in [3.8, 4) is 0 Å². The summed E-state index contributed by atoms with van der Waals surface area (Å²) in [6.07, 6.45) is 3.09. The van der Waals surface area contributed by atoms with Gasteiger partial charge in [-0.2, -0.15) is 0 Å². The van der Waals surface area contributed by atoms with Gasteiger partial charge in [-0.3, -0.25) is 4.79 Å². The number of piperidine rings is 1. The molecule has 1 saturated heterocycles. The van der Waals surface area contributed by atoms with Crippen LogP contribution in [0.25, 0.3) is 0 Å². The Bertz CT molecular complexity index is 323. The van der Waals surface area contributed by atoms with E-state index in [-0.39, 0.29) is 24.2 Å². The molecule has 1 aliphatic rings. The molecular weight excluding hydrogens is 256 g/mol. The summed E-state index contributed by atoms with van der Waals surface area (Å²) < 4.78 is 0. The highest BCUT2D eigenvalue weighted by Crippen LogP contribution is 2.10. The van der Waals surface area contributed by atoms with E-state index in [1.165, 1.54) is 4.88 Å². The lowest BCUT2D eigenvalue weighted by molar-refractivity contribution is -0.125. The lowest BCUT2D eigenvalue weighted by atomic mass is 9.99. The topological polar surface area (TPSA) is 41.1 Å². The van der Waals surface area contributed by atoms with Crippen LogP contribution in [0.5, 0.6) is 0 Å². The first-order valence-corrected chi connectivity index (χ1v) is 6.75. The maximum Gasteiger partial charge on any atom is 0.224 e. The minimum absolute atomic E-state index is 0. The Kier molecular flexibility index (Phi) is 6.55.